The molecule has 20 heavy (non-hydrogen) atoms. The summed E-state index contributed by atoms with van der Waals surface area (Å²) < 4.78 is 13.1. The quantitative estimate of drug-likeness (QED) is 0.496. The van der Waals surface area contributed by atoms with Gasteiger partial charge in [-0.1, -0.05) is 23.7 Å². The predicted molar refractivity (Wildman–Crippen MR) is 83.4 cm³/mol. The third-order valence-corrected chi connectivity index (χ3v) is 4.34. The van der Waals surface area contributed by atoms with Crippen LogP contribution in [0.25, 0.3) is 0 Å². The summed E-state index contributed by atoms with van der Waals surface area (Å²) in [5.74, 6) is 6.13. The number of hydrogen-bond acceptors (Lipinski definition) is 3. The summed E-state index contributed by atoms with van der Waals surface area (Å²) in [7, 11) is 0. The zero-order valence-electron chi connectivity index (χ0n) is 11.1. The molecule has 0 saturated carbocycles. The highest BCUT2D eigenvalue weighted by molar-refractivity contribution is 7.99. The summed E-state index contributed by atoms with van der Waals surface area (Å²) >= 11 is 7.61. The van der Waals surface area contributed by atoms with E-state index in [1.807, 2.05) is 31.2 Å². The Kier molecular flexibility index (Phi) is 5.43. The van der Waals surface area contributed by atoms with E-state index < -0.39 is 0 Å². The van der Waals surface area contributed by atoms with Crippen molar-refractivity contribution >= 4 is 23.4 Å². The number of nitrogens with one attached hydrogen (secondary N) is 1. The molecule has 3 N–H and O–H groups in total. The molecule has 0 fully saturated rings. The third kappa shape index (κ3) is 3.96. The summed E-state index contributed by atoms with van der Waals surface area (Å²) in [6.45, 7) is 1.88. The SMILES string of the molecule is Cc1cc(F)ccc1C(CSc1cccc(Cl)c1)NN. The standard InChI is InChI=1S/C15H16ClFN2S/c1-10-7-12(17)5-6-14(10)15(19-18)9-20-13-4-2-3-11(16)8-13/h2-8,15,19H,9,18H2,1H3. The minimum Gasteiger partial charge on any atom is -0.271 e. The van der Waals surface area contributed by atoms with Crippen LogP contribution in [0, 0.1) is 12.7 Å². The van der Waals surface area contributed by atoms with Gasteiger partial charge in [0.2, 0.25) is 0 Å². The van der Waals surface area contributed by atoms with Crippen LogP contribution in [0.15, 0.2) is 47.4 Å². The molecule has 5 heteroatoms. The highest BCUT2D eigenvalue weighted by Crippen LogP contribution is 2.27. The molecule has 0 aliphatic rings. The number of nitrogens with two attached hydrogens (primary N) is 1. The van der Waals surface area contributed by atoms with Crippen LogP contribution in [0.5, 0.6) is 0 Å². The van der Waals surface area contributed by atoms with Gasteiger partial charge < -0.3 is 0 Å². The largest absolute Gasteiger partial charge is 0.271 e. The van der Waals surface area contributed by atoms with Crippen LogP contribution in [0.3, 0.4) is 0 Å². The molecule has 0 radical (unpaired) electrons. The maximum atomic E-state index is 13.1. The van der Waals surface area contributed by atoms with Crippen molar-refractivity contribution in [3.63, 3.8) is 0 Å². The lowest BCUT2D eigenvalue weighted by Crippen LogP contribution is -2.30. The molecule has 0 aliphatic heterocycles. The molecule has 0 amide bonds. The minimum absolute atomic E-state index is 0.0421. The fourth-order valence-corrected chi connectivity index (χ4v) is 3.27. The fraction of sp³-hybridized carbons (Fsp3) is 0.200. The summed E-state index contributed by atoms with van der Waals surface area (Å²) in [4.78, 5) is 1.08. The molecule has 0 aliphatic carbocycles. The normalized spacial score (nSPS) is 12.4. The van der Waals surface area contributed by atoms with Gasteiger partial charge in [0.1, 0.15) is 5.82 Å². The molecule has 106 valence electrons. The van der Waals surface area contributed by atoms with Gasteiger partial charge in [-0.25, -0.2) is 4.39 Å². The van der Waals surface area contributed by atoms with Crippen LogP contribution in [-0.4, -0.2) is 5.75 Å². The maximum absolute atomic E-state index is 13.1. The van der Waals surface area contributed by atoms with Crippen molar-refractivity contribution in [2.24, 2.45) is 5.84 Å². The van der Waals surface area contributed by atoms with E-state index in [9.17, 15) is 4.39 Å². The first kappa shape index (κ1) is 15.3. The Balaban J connectivity index is 2.09. The van der Waals surface area contributed by atoms with Gasteiger partial charge in [0.15, 0.2) is 0 Å². The molecule has 0 bridgehead atoms. The van der Waals surface area contributed by atoms with Crippen LogP contribution in [0.2, 0.25) is 5.02 Å². The summed E-state index contributed by atoms with van der Waals surface area (Å²) in [5, 5.41) is 0.713. The number of benzene rings is 2. The van der Waals surface area contributed by atoms with Gasteiger partial charge in [-0.2, -0.15) is 0 Å². The Morgan fingerprint density at radius 3 is 2.75 bits per heavy atom. The topological polar surface area (TPSA) is 38.0 Å². The lowest BCUT2D eigenvalue weighted by Gasteiger charge is -2.18. The molecule has 0 heterocycles. The van der Waals surface area contributed by atoms with E-state index in [2.05, 4.69) is 5.43 Å². The second-order valence-corrected chi connectivity index (χ2v) is 6.02. The molecule has 0 aromatic heterocycles. The first-order valence-corrected chi connectivity index (χ1v) is 7.57. The molecule has 0 spiro atoms. The van der Waals surface area contributed by atoms with Gasteiger partial charge in [0.25, 0.3) is 0 Å². The third-order valence-electron chi connectivity index (χ3n) is 3.02. The Morgan fingerprint density at radius 1 is 1.30 bits per heavy atom. The molecular weight excluding hydrogens is 295 g/mol. The summed E-state index contributed by atoms with van der Waals surface area (Å²) in [6.07, 6.45) is 0. The fourth-order valence-electron chi connectivity index (χ4n) is 1.99. The van der Waals surface area contributed by atoms with E-state index in [0.29, 0.717) is 5.02 Å². The van der Waals surface area contributed by atoms with Gasteiger partial charge in [-0.15, -0.1) is 11.8 Å². The van der Waals surface area contributed by atoms with Gasteiger partial charge in [-0.3, -0.25) is 11.3 Å². The van der Waals surface area contributed by atoms with Crippen molar-refractivity contribution < 1.29 is 4.39 Å². The highest BCUT2D eigenvalue weighted by atomic mass is 35.5. The van der Waals surface area contributed by atoms with Crippen molar-refractivity contribution in [3.8, 4) is 0 Å². The van der Waals surface area contributed by atoms with Crippen LogP contribution in [0.1, 0.15) is 17.2 Å². The summed E-state index contributed by atoms with van der Waals surface area (Å²) in [6, 6.07) is 12.4. The van der Waals surface area contributed by atoms with E-state index in [1.165, 1.54) is 12.1 Å². The Hall–Kier alpha value is -1.07. The molecule has 2 aromatic rings. The number of hydrazine groups is 1. The zero-order chi connectivity index (χ0) is 14.5. The predicted octanol–water partition coefficient (Wildman–Crippen LogP) is 4.08. The van der Waals surface area contributed by atoms with E-state index in [4.69, 9.17) is 17.4 Å². The molecule has 0 saturated heterocycles. The van der Waals surface area contributed by atoms with Crippen LogP contribution in [0.4, 0.5) is 4.39 Å². The maximum Gasteiger partial charge on any atom is 0.123 e. The lowest BCUT2D eigenvalue weighted by atomic mass is 10.0. The lowest BCUT2D eigenvalue weighted by molar-refractivity contribution is 0.597. The van der Waals surface area contributed by atoms with E-state index in [1.54, 1.807) is 17.8 Å². The Bertz CT molecular complexity index is 592. The van der Waals surface area contributed by atoms with E-state index in [0.717, 1.165) is 21.8 Å². The Labute approximate surface area is 127 Å². The monoisotopic (exact) mass is 310 g/mol. The average Bonchev–Trinajstić information content (AvgIpc) is 2.41. The van der Waals surface area contributed by atoms with Gasteiger partial charge in [-0.05, 0) is 48.4 Å². The first-order chi connectivity index (χ1) is 9.60. The van der Waals surface area contributed by atoms with Crippen LogP contribution < -0.4 is 11.3 Å². The number of rotatable bonds is 5. The zero-order valence-corrected chi connectivity index (χ0v) is 12.6. The molecule has 2 nitrogen and oxygen atoms in total. The second-order valence-electron chi connectivity index (χ2n) is 4.49. The van der Waals surface area contributed by atoms with Crippen molar-refractivity contribution in [1.29, 1.82) is 0 Å². The minimum atomic E-state index is -0.232. The number of hydrogen-bond donors (Lipinski definition) is 2. The molecule has 2 aromatic carbocycles. The van der Waals surface area contributed by atoms with Gasteiger partial charge in [0.05, 0.1) is 6.04 Å². The Morgan fingerprint density at radius 2 is 2.10 bits per heavy atom. The van der Waals surface area contributed by atoms with Gasteiger partial charge >= 0.3 is 0 Å². The van der Waals surface area contributed by atoms with Crippen LogP contribution >= 0.6 is 23.4 Å². The number of thioether (sulfide) groups is 1. The van der Waals surface area contributed by atoms with Crippen LogP contribution in [-0.2, 0) is 0 Å². The van der Waals surface area contributed by atoms with E-state index in [-0.39, 0.29) is 11.9 Å². The molecule has 2 rings (SSSR count). The van der Waals surface area contributed by atoms with E-state index >= 15 is 0 Å². The highest BCUT2D eigenvalue weighted by Gasteiger charge is 2.13. The van der Waals surface area contributed by atoms with Crippen molar-refractivity contribution in [3.05, 3.63) is 64.4 Å². The molecule has 1 atom stereocenters. The number of halogens is 2. The van der Waals surface area contributed by atoms with Crippen molar-refractivity contribution in [1.82, 2.24) is 5.43 Å². The molecular formula is C15H16ClFN2S. The van der Waals surface area contributed by atoms with Crippen molar-refractivity contribution in [2.45, 2.75) is 17.9 Å². The summed E-state index contributed by atoms with van der Waals surface area (Å²) in [5.41, 5.74) is 4.68. The first-order valence-electron chi connectivity index (χ1n) is 6.20. The smallest absolute Gasteiger partial charge is 0.123 e. The number of aryl methyl sites for hydroxylation is 1. The van der Waals surface area contributed by atoms with Crippen molar-refractivity contribution in [2.75, 3.05) is 5.75 Å². The average molecular weight is 311 g/mol. The second kappa shape index (κ2) is 7.09. The van der Waals surface area contributed by atoms with Gasteiger partial charge in [0, 0.05) is 15.7 Å². The molecule has 1 unspecified atom stereocenters.